The second kappa shape index (κ2) is 9.99. The average Bonchev–Trinajstić information content (AvgIpc) is 3.46. The maximum Gasteiger partial charge on any atom is 0.315 e. The van der Waals surface area contributed by atoms with Gasteiger partial charge in [-0.05, 0) is 44.2 Å². The predicted molar refractivity (Wildman–Crippen MR) is 125 cm³/mol. The molecule has 32 heavy (non-hydrogen) atoms. The molecule has 1 saturated carbocycles. The molecule has 1 aliphatic carbocycles. The Hall–Kier alpha value is -3.13. The Balaban J connectivity index is 1.26. The summed E-state index contributed by atoms with van der Waals surface area (Å²) in [6, 6.07) is 10.5. The third-order valence-electron chi connectivity index (χ3n) is 5.92. The number of unbranched alkanes of at least 4 members (excludes halogenated alkanes) is 1. The summed E-state index contributed by atoms with van der Waals surface area (Å²) in [7, 11) is 0. The van der Waals surface area contributed by atoms with Crippen LogP contribution < -0.4 is 16.4 Å². The number of carbonyl (C=O) groups is 1. The van der Waals surface area contributed by atoms with Crippen molar-refractivity contribution in [3.63, 3.8) is 0 Å². The highest BCUT2D eigenvalue weighted by atomic mass is 16.5. The van der Waals surface area contributed by atoms with E-state index in [4.69, 9.17) is 10.5 Å². The molecule has 0 aliphatic heterocycles. The number of pyridine rings is 1. The third-order valence-corrected chi connectivity index (χ3v) is 5.92. The van der Waals surface area contributed by atoms with Gasteiger partial charge in [0.2, 0.25) is 0 Å². The number of urea groups is 1. The number of nitrogens with two attached hydrogens (primary N) is 1. The molecule has 0 radical (unpaired) electrons. The summed E-state index contributed by atoms with van der Waals surface area (Å²) in [6.45, 7) is 6.46. The standard InChI is InChI=1S/C24H32N6O2/c1-3-32-15-20-29-21-22(16(2)14-27-23(21)25)30(20)12-8-7-11-26-24(31)28-19-13-18(19)17-9-5-4-6-10-17/h4-6,9-10,14,18-19H,3,7-8,11-13,15H2,1-2H3,(H2,25,27)(H2,26,28,31)/t18-,19?/m0/s1. The van der Waals surface area contributed by atoms with Crippen LogP contribution in [0.5, 0.6) is 0 Å². The van der Waals surface area contributed by atoms with Crippen LogP contribution in [0.1, 0.15) is 49.1 Å². The van der Waals surface area contributed by atoms with Gasteiger partial charge in [0.15, 0.2) is 5.82 Å². The highest BCUT2D eigenvalue weighted by molar-refractivity contribution is 5.87. The van der Waals surface area contributed by atoms with Crippen LogP contribution in [-0.2, 0) is 17.9 Å². The Morgan fingerprint density at radius 1 is 1.28 bits per heavy atom. The minimum atomic E-state index is -0.0896. The van der Waals surface area contributed by atoms with E-state index in [1.165, 1.54) is 5.56 Å². The Morgan fingerprint density at radius 3 is 2.88 bits per heavy atom. The molecule has 1 unspecified atom stereocenters. The zero-order valence-corrected chi connectivity index (χ0v) is 18.8. The van der Waals surface area contributed by atoms with Gasteiger partial charge in [0, 0.05) is 37.9 Å². The number of anilines is 1. The van der Waals surface area contributed by atoms with Crippen molar-refractivity contribution in [3.8, 4) is 0 Å². The number of carbonyl (C=O) groups excluding carboxylic acids is 1. The number of fused-ring (bicyclic) bond motifs is 1. The SMILES string of the molecule is CCOCc1nc2c(N)ncc(C)c2n1CCCCNC(=O)NC1C[C@H]1c1ccccc1. The normalized spacial score (nSPS) is 17.4. The van der Waals surface area contributed by atoms with Gasteiger partial charge in [0.05, 0.1) is 5.52 Å². The molecule has 1 fully saturated rings. The molecule has 8 heteroatoms. The first-order valence-corrected chi connectivity index (χ1v) is 11.4. The smallest absolute Gasteiger partial charge is 0.315 e. The number of nitrogens with zero attached hydrogens (tertiary/aromatic N) is 3. The Kier molecular flexibility index (Phi) is 6.90. The van der Waals surface area contributed by atoms with Crippen molar-refractivity contribution in [2.45, 2.75) is 58.2 Å². The zero-order chi connectivity index (χ0) is 22.5. The molecule has 170 valence electrons. The van der Waals surface area contributed by atoms with E-state index in [2.05, 4.69) is 37.3 Å². The average molecular weight is 437 g/mol. The first-order valence-electron chi connectivity index (χ1n) is 11.4. The van der Waals surface area contributed by atoms with E-state index in [0.717, 1.165) is 48.2 Å². The molecule has 1 aromatic carbocycles. The Morgan fingerprint density at radius 2 is 2.09 bits per heavy atom. The predicted octanol–water partition coefficient (Wildman–Crippen LogP) is 3.49. The van der Waals surface area contributed by atoms with Gasteiger partial charge < -0.3 is 25.7 Å². The number of nitrogens with one attached hydrogen (secondary N) is 2. The first kappa shape index (κ1) is 22.1. The third kappa shape index (κ3) is 5.02. The molecule has 0 bridgehead atoms. The van der Waals surface area contributed by atoms with Gasteiger partial charge in [-0.2, -0.15) is 0 Å². The van der Waals surface area contributed by atoms with E-state index >= 15 is 0 Å². The summed E-state index contributed by atoms with van der Waals surface area (Å²) >= 11 is 0. The molecule has 2 heterocycles. The Bertz CT molecular complexity index is 1070. The molecule has 1 aliphatic rings. The molecule has 4 N–H and O–H groups in total. The fourth-order valence-electron chi connectivity index (χ4n) is 4.15. The highest BCUT2D eigenvalue weighted by Crippen LogP contribution is 2.40. The fourth-order valence-corrected chi connectivity index (χ4v) is 4.15. The number of amides is 2. The maximum atomic E-state index is 12.2. The van der Waals surface area contributed by atoms with E-state index in [1.54, 1.807) is 6.20 Å². The van der Waals surface area contributed by atoms with Crippen molar-refractivity contribution in [2.24, 2.45) is 0 Å². The van der Waals surface area contributed by atoms with Crippen LogP contribution in [-0.4, -0.2) is 39.8 Å². The van der Waals surface area contributed by atoms with Crippen LogP contribution in [0.4, 0.5) is 10.6 Å². The van der Waals surface area contributed by atoms with Crippen LogP contribution in [0.3, 0.4) is 0 Å². The number of benzene rings is 1. The fraction of sp³-hybridized carbons (Fsp3) is 0.458. The van der Waals surface area contributed by atoms with Gasteiger partial charge in [0.25, 0.3) is 0 Å². The molecular weight excluding hydrogens is 404 g/mol. The van der Waals surface area contributed by atoms with Crippen molar-refractivity contribution in [2.75, 3.05) is 18.9 Å². The van der Waals surface area contributed by atoms with Crippen LogP contribution in [0.2, 0.25) is 0 Å². The lowest BCUT2D eigenvalue weighted by Gasteiger charge is -2.11. The largest absolute Gasteiger partial charge is 0.382 e. The van der Waals surface area contributed by atoms with Crippen molar-refractivity contribution >= 4 is 22.9 Å². The summed E-state index contributed by atoms with van der Waals surface area (Å²) in [4.78, 5) is 21.1. The second-order valence-corrected chi connectivity index (χ2v) is 8.31. The van der Waals surface area contributed by atoms with Gasteiger partial charge in [-0.1, -0.05) is 30.3 Å². The Labute approximate surface area is 188 Å². The van der Waals surface area contributed by atoms with E-state index in [1.807, 2.05) is 32.0 Å². The second-order valence-electron chi connectivity index (χ2n) is 8.31. The molecule has 8 nitrogen and oxygen atoms in total. The molecule has 2 amide bonds. The lowest BCUT2D eigenvalue weighted by atomic mass is 10.1. The maximum absolute atomic E-state index is 12.2. The summed E-state index contributed by atoms with van der Waals surface area (Å²) in [5.41, 5.74) is 10.1. The van der Waals surface area contributed by atoms with Crippen LogP contribution in [0.15, 0.2) is 36.5 Å². The van der Waals surface area contributed by atoms with E-state index in [9.17, 15) is 4.79 Å². The highest BCUT2D eigenvalue weighted by Gasteiger charge is 2.39. The molecule has 2 aromatic heterocycles. The minimum Gasteiger partial charge on any atom is -0.382 e. The van der Waals surface area contributed by atoms with Crippen molar-refractivity contribution in [3.05, 3.63) is 53.5 Å². The molecule has 0 spiro atoms. The zero-order valence-electron chi connectivity index (χ0n) is 18.8. The van der Waals surface area contributed by atoms with Gasteiger partial charge in [-0.3, -0.25) is 0 Å². The quantitative estimate of drug-likeness (QED) is 0.422. The van der Waals surface area contributed by atoms with Crippen LogP contribution >= 0.6 is 0 Å². The monoisotopic (exact) mass is 436 g/mol. The summed E-state index contributed by atoms with van der Waals surface area (Å²) in [5.74, 6) is 1.73. The number of ether oxygens (including phenoxy) is 1. The summed E-state index contributed by atoms with van der Waals surface area (Å²) in [5, 5.41) is 6.06. The number of aromatic nitrogens is 3. The number of rotatable bonds is 10. The first-order chi connectivity index (χ1) is 15.6. The molecule has 0 saturated heterocycles. The van der Waals surface area contributed by atoms with E-state index in [-0.39, 0.29) is 12.1 Å². The molecule has 2 atom stereocenters. The number of imidazole rings is 1. The minimum absolute atomic E-state index is 0.0896. The van der Waals surface area contributed by atoms with Crippen molar-refractivity contribution in [1.82, 2.24) is 25.2 Å². The van der Waals surface area contributed by atoms with E-state index in [0.29, 0.717) is 31.5 Å². The molecular formula is C24H32N6O2. The lowest BCUT2D eigenvalue weighted by molar-refractivity contribution is 0.126. The van der Waals surface area contributed by atoms with Gasteiger partial charge in [0.1, 0.15) is 17.9 Å². The summed E-state index contributed by atoms with van der Waals surface area (Å²) < 4.78 is 7.78. The number of nitrogen functional groups attached to an aromatic ring is 1. The van der Waals surface area contributed by atoms with Gasteiger partial charge in [-0.25, -0.2) is 14.8 Å². The number of hydrogen-bond donors (Lipinski definition) is 3. The topological polar surface area (TPSA) is 107 Å². The van der Waals surface area contributed by atoms with Crippen LogP contribution in [0.25, 0.3) is 11.0 Å². The van der Waals surface area contributed by atoms with Crippen molar-refractivity contribution < 1.29 is 9.53 Å². The molecule has 4 rings (SSSR count). The van der Waals surface area contributed by atoms with E-state index < -0.39 is 0 Å². The van der Waals surface area contributed by atoms with Gasteiger partial charge in [-0.15, -0.1) is 0 Å². The van der Waals surface area contributed by atoms with Gasteiger partial charge >= 0.3 is 6.03 Å². The van der Waals surface area contributed by atoms with Crippen LogP contribution in [0, 0.1) is 6.92 Å². The van der Waals surface area contributed by atoms with Crippen molar-refractivity contribution in [1.29, 1.82) is 0 Å². The summed E-state index contributed by atoms with van der Waals surface area (Å²) in [6.07, 6.45) is 4.56. The number of aryl methyl sites for hydroxylation is 2. The lowest BCUT2D eigenvalue weighted by Crippen LogP contribution is -2.37. The molecule has 3 aromatic rings. The number of hydrogen-bond acceptors (Lipinski definition) is 5.